The molecule has 0 amide bonds. The summed E-state index contributed by atoms with van der Waals surface area (Å²) in [6.45, 7) is 0. The van der Waals surface area contributed by atoms with Crippen molar-refractivity contribution in [3.63, 3.8) is 0 Å². The smallest absolute Gasteiger partial charge is 0.200 e. The van der Waals surface area contributed by atoms with Crippen molar-refractivity contribution in [2.75, 3.05) is 0 Å². The second-order valence-electron chi connectivity index (χ2n) is 2.71. The van der Waals surface area contributed by atoms with Gasteiger partial charge in [0.05, 0.1) is 11.1 Å². The molecule has 4 nitrogen and oxygen atoms in total. The quantitative estimate of drug-likeness (QED) is 0.529. The predicted molar refractivity (Wildman–Crippen MR) is 65.5 cm³/mol. The van der Waals surface area contributed by atoms with Gasteiger partial charge in [-0.1, -0.05) is 53.0 Å². The second kappa shape index (κ2) is 5.23. The summed E-state index contributed by atoms with van der Waals surface area (Å²) in [7, 11) is -3.71. The Labute approximate surface area is 108 Å². The van der Waals surface area contributed by atoms with E-state index in [2.05, 4.69) is 5.10 Å². The molecule has 0 atom stereocenters. The van der Waals surface area contributed by atoms with E-state index in [0.717, 1.165) is 6.21 Å². The Bertz CT molecular complexity index is 468. The number of alkyl halides is 3. The van der Waals surface area contributed by atoms with E-state index in [-0.39, 0.29) is 4.90 Å². The summed E-state index contributed by atoms with van der Waals surface area (Å²) in [5, 5.41) is 3.33. The van der Waals surface area contributed by atoms with Crippen LogP contribution in [0.25, 0.3) is 0 Å². The van der Waals surface area contributed by atoms with Crippen LogP contribution in [0.1, 0.15) is 0 Å². The van der Waals surface area contributed by atoms with Gasteiger partial charge in [0, 0.05) is 0 Å². The van der Waals surface area contributed by atoms with Crippen LogP contribution in [0.3, 0.4) is 0 Å². The monoisotopic (exact) mass is 300 g/mol. The molecule has 1 rings (SSSR count). The van der Waals surface area contributed by atoms with Gasteiger partial charge < -0.3 is 0 Å². The highest BCUT2D eigenvalue weighted by molar-refractivity contribution is 7.89. The molecule has 0 fully saturated rings. The highest BCUT2D eigenvalue weighted by Gasteiger charge is 2.17. The first-order valence-corrected chi connectivity index (χ1v) is 6.61. The molecule has 0 radical (unpaired) electrons. The lowest BCUT2D eigenvalue weighted by atomic mass is 10.4. The lowest BCUT2D eigenvalue weighted by Gasteiger charge is -2.04. The molecule has 0 spiro atoms. The predicted octanol–water partition coefficient (Wildman–Crippen LogP) is 2.32. The van der Waals surface area contributed by atoms with E-state index in [9.17, 15) is 8.42 Å². The SMILES string of the molecule is O=S(=O)(NN=CC(Cl)(Cl)Cl)c1ccccc1. The van der Waals surface area contributed by atoms with Gasteiger partial charge in [0.2, 0.25) is 3.79 Å². The minimum atomic E-state index is -3.71. The number of hydrogen-bond acceptors (Lipinski definition) is 3. The van der Waals surface area contributed by atoms with Gasteiger partial charge >= 0.3 is 0 Å². The van der Waals surface area contributed by atoms with Crippen molar-refractivity contribution in [2.24, 2.45) is 5.10 Å². The van der Waals surface area contributed by atoms with Crippen molar-refractivity contribution in [1.82, 2.24) is 4.83 Å². The molecular weight excluding hydrogens is 295 g/mol. The number of halogens is 3. The lowest BCUT2D eigenvalue weighted by molar-refractivity contribution is 0.584. The van der Waals surface area contributed by atoms with Crippen LogP contribution >= 0.6 is 34.8 Å². The summed E-state index contributed by atoms with van der Waals surface area (Å²) in [5.74, 6) is 0. The van der Waals surface area contributed by atoms with Crippen molar-refractivity contribution >= 4 is 51.0 Å². The zero-order valence-corrected chi connectivity index (χ0v) is 10.9. The van der Waals surface area contributed by atoms with Gasteiger partial charge in [-0.15, -0.1) is 0 Å². The molecular formula is C8H7Cl3N2O2S. The molecule has 16 heavy (non-hydrogen) atoms. The summed E-state index contributed by atoms with van der Waals surface area (Å²) in [4.78, 5) is 2.00. The van der Waals surface area contributed by atoms with Crippen molar-refractivity contribution in [3.8, 4) is 0 Å². The van der Waals surface area contributed by atoms with Gasteiger partial charge in [-0.25, -0.2) is 4.83 Å². The number of benzene rings is 1. The van der Waals surface area contributed by atoms with Gasteiger partial charge in [0.1, 0.15) is 0 Å². The topological polar surface area (TPSA) is 58.5 Å². The largest absolute Gasteiger partial charge is 0.276 e. The average Bonchev–Trinajstić information content (AvgIpc) is 2.17. The van der Waals surface area contributed by atoms with Gasteiger partial charge in [-0.05, 0) is 12.1 Å². The molecule has 0 aliphatic heterocycles. The maximum atomic E-state index is 11.6. The van der Waals surface area contributed by atoms with E-state index in [0.29, 0.717) is 0 Å². The van der Waals surface area contributed by atoms with Gasteiger partial charge in [0.25, 0.3) is 10.0 Å². The summed E-state index contributed by atoms with van der Waals surface area (Å²) in [5.41, 5.74) is 0. The number of rotatable bonds is 3. The molecule has 1 aromatic rings. The fraction of sp³-hybridized carbons (Fsp3) is 0.125. The van der Waals surface area contributed by atoms with Crippen LogP contribution < -0.4 is 4.83 Å². The van der Waals surface area contributed by atoms with Crippen molar-refractivity contribution in [1.29, 1.82) is 0 Å². The van der Waals surface area contributed by atoms with Gasteiger partial charge in [-0.2, -0.15) is 13.5 Å². The van der Waals surface area contributed by atoms with Crippen LogP contribution in [0.4, 0.5) is 0 Å². The molecule has 0 unspecified atom stereocenters. The van der Waals surface area contributed by atoms with E-state index in [1.807, 2.05) is 4.83 Å². The van der Waals surface area contributed by atoms with Crippen LogP contribution in [0.15, 0.2) is 40.3 Å². The lowest BCUT2D eigenvalue weighted by Crippen LogP contribution is -2.19. The molecule has 0 aliphatic carbocycles. The van der Waals surface area contributed by atoms with Crippen LogP contribution in [-0.2, 0) is 10.0 Å². The van der Waals surface area contributed by atoms with E-state index >= 15 is 0 Å². The molecule has 0 aliphatic rings. The summed E-state index contributed by atoms with van der Waals surface area (Å²) in [6.07, 6.45) is 0.859. The molecule has 0 saturated heterocycles. The molecule has 0 aromatic heterocycles. The van der Waals surface area contributed by atoms with E-state index in [1.54, 1.807) is 18.2 Å². The molecule has 88 valence electrons. The van der Waals surface area contributed by atoms with Crippen molar-refractivity contribution in [2.45, 2.75) is 8.69 Å². The maximum absolute atomic E-state index is 11.6. The first-order chi connectivity index (χ1) is 7.31. The van der Waals surface area contributed by atoms with Crippen molar-refractivity contribution < 1.29 is 8.42 Å². The second-order valence-corrected chi connectivity index (χ2v) is 6.74. The van der Waals surface area contributed by atoms with Crippen molar-refractivity contribution in [3.05, 3.63) is 30.3 Å². The van der Waals surface area contributed by atoms with E-state index < -0.39 is 13.8 Å². The van der Waals surface area contributed by atoms with Crippen LogP contribution in [0.2, 0.25) is 0 Å². The zero-order valence-electron chi connectivity index (χ0n) is 7.77. The molecule has 0 saturated carbocycles. The number of nitrogens with zero attached hydrogens (tertiary/aromatic N) is 1. The van der Waals surface area contributed by atoms with E-state index in [4.69, 9.17) is 34.8 Å². The number of hydrogen-bond donors (Lipinski definition) is 1. The van der Waals surface area contributed by atoms with Crippen LogP contribution in [-0.4, -0.2) is 18.4 Å². The third-order valence-corrected chi connectivity index (χ3v) is 2.97. The third-order valence-electron chi connectivity index (χ3n) is 1.44. The highest BCUT2D eigenvalue weighted by atomic mass is 35.6. The maximum Gasteiger partial charge on any atom is 0.276 e. The van der Waals surface area contributed by atoms with Crippen LogP contribution in [0.5, 0.6) is 0 Å². The summed E-state index contributed by atoms with van der Waals surface area (Å²) in [6, 6.07) is 7.73. The minimum absolute atomic E-state index is 0.0801. The third kappa shape index (κ3) is 4.57. The zero-order chi connectivity index (χ0) is 12.2. The molecule has 8 heteroatoms. The summed E-state index contributed by atoms with van der Waals surface area (Å²) < 4.78 is 21.4. The Kier molecular flexibility index (Phi) is 4.43. The highest BCUT2D eigenvalue weighted by Crippen LogP contribution is 2.22. The average molecular weight is 302 g/mol. The first-order valence-electron chi connectivity index (χ1n) is 3.99. The Morgan fingerprint density at radius 1 is 1.19 bits per heavy atom. The Balaban J connectivity index is 2.79. The molecule has 1 aromatic carbocycles. The molecule has 0 heterocycles. The van der Waals surface area contributed by atoms with Gasteiger partial charge in [-0.3, -0.25) is 0 Å². The summed E-state index contributed by atoms with van der Waals surface area (Å²) >= 11 is 16.1. The molecule has 0 bridgehead atoms. The Hall–Kier alpha value is -0.490. The fourth-order valence-corrected chi connectivity index (χ4v) is 1.78. The standard InChI is InChI=1S/C8H7Cl3N2O2S/c9-8(10,11)6-12-13-16(14,15)7-4-2-1-3-5-7/h1-6,13H. The normalized spacial score (nSPS) is 12.9. The minimum Gasteiger partial charge on any atom is -0.200 e. The Morgan fingerprint density at radius 2 is 1.75 bits per heavy atom. The van der Waals surface area contributed by atoms with Gasteiger partial charge in [0.15, 0.2) is 0 Å². The van der Waals surface area contributed by atoms with E-state index in [1.165, 1.54) is 12.1 Å². The number of nitrogens with one attached hydrogen (secondary N) is 1. The first kappa shape index (κ1) is 13.6. The van der Waals surface area contributed by atoms with Crippen LogP contribution in [0, 0.1) is 0 Å². The number of hydrazone groups is 1. The Morgan fingerprint density at radius 3 is 2.25 bits per heavy atom. The fourth-order valence-electron chi connectivity index (χ4n) is 0.821. The number of sulfonamides is 1. The molecule has 1 N–H and O–H groups in total.